The fourth-order valence-corrected chi connectivity index (χ4v) is 9.13. The van der Waals surface area contributed by atoms with Crippen LogP contribution in [0.5, 0.6) is 23.0 Å². The summed E-state index contributed by atoms with van der Waals surface area (Å²) in [5.41, 5.74) is 6.86. The summed E-state index contributed by atoms with van der Waals surface area (Å²) in [5.74, 6) is 1.41. The number of carbonyl (C=O) groups is 2. The lowest BCUT2D eigenvalue weighted by Crippen LogP contribution is -2.39. The van der Waals surface area contributed by atoms with Gasteiger partial charge in [0.15, 0.2) is 23.0 Å². The summed E-state index contributed by atoms with van der Waals surface area (Å²) in [6.45, 7) is 4.77. The van der Waals surface area contributed by atoms with Crippen molar-refractivity contribution in [2.75, 3.05) is 65.4 Å². The molecule has 0 radical (unpaired) electrons. The summed E-state index contributed by atoms with van der Waals surface area (Å²) in [6.07, 6.45) is 9.41. The largest absolute Gasteiger partial charge is 0.493 e. The smallest absolute Gasteiger partial charge is 0.417 e. The van der Waals surface area contributed by atoms with Gasteiger partial charge in [0.05, 0.1) is 50.9 Å². The van der Waals surface area contributed by atoms with E-state index >= 15 is 0 Å². The quantitative estimate of drug-likeness (QED) is 0.125. The first kappa shape index (κ1) is 42.4. The van der Waals surface area contributed by atoms with Gasteiger partial charge in [-0.25, -0.2) is 29.5 Å². The topological polar surface area (TPSA) is 172 Å². The second-order valence-corrected chi connectivity index (χ2v) is 16.4. The van der Waals surface area contributed by atoms with Crippen LogP contribution in [-0.2, 0) is 19.1 Å². The minimum absolute atomic E-state index is 0.0966. The van der Waals surface area contributed by atoms with Gasteiger partial charge < -0.3 is 38.2 Å². The first-order valence-electron chi connectivity index (χ1n) is 21.3. The van der Waals surface area contributed by atoms with Crippen LogP contribution in [0.3, 0.4) is 0 Å². The average molecular weight is 847 g/mol. The Morgan fingerprint density at radius 3 is 1.31 bits per heavy atom. The third-order valence-corrected chi connectivity index (χ3v) is 12.0. The van der Waals surface area contributed by atoms with Crippen molar-refractivity contribution in [3.05, 3.63) is 82.4 Å². The van der Waals surface area contributed by atoms with E-state index in [1.807, 2.05) is 76.1 Å². The number of rotatable bonds is 12. The Bertz CT molecular complexity index is 2200. The van der Waals surface area contributed by atoms with E-state index < -0.39 is 24.1 Å². The monoisotopic (exact) mass is 846 g/mol. The molecule has 2 saturated carbocycles. The number of methoxy groups -OCH3 is 2. The SMILES string of the molecule is CCOc1cc2c(cc1OC)C(c1cnc(N(C)C)nc1)=N[C@@H]1CC[C@@H](OC(=O)C(=O)O[C@@H]3CC[C@H]4N=C(c5cnc(N(C)C)nc5)c5cc(OC)c(OCC)cc5[C@H]4C3)C[C@H]21. The molecule has 2 aromatic carbocycles. The molecule has 2 aromatic heterocycles. The summed E-state index contributed by atoms with van der Waals surface area (Å²) in [5, 5.41) is 0. The van der Waals surface area contributed by atoms with Gasteiger partial charge in [-0.3, -0.25) is 9.98 Å². The van der Waals surface area contributed by atoms with Crippen molar-refractivity contribution in [3.8, 4) is 23.0 Å². The van der Waals surface area contributed by atoms with Crippen molar-refractivity contribution in [2.45, 2.75) is 88.5 Å². The van der Waals surface area contributed by atoms with Crippen LogP contribution >= 0.6 is 0 Å². The summed E-state index contributed by atoms with van der Waals surface area (Å²) >= 11 is 0. The Morgan fingerprint density at radius 1 is 0.581 bits per heavy atom. The minimum Gasteiger partial charge on any atom is -0.493 e. The highest BCUT2D eigenvalue weighted by Gasteiger charge is 2.42. The van der Waals surface area contributed by atoms with Crippen molar-refractivity contribution in [1.82, 2.24) is 19.9 Å². The van der Waals surface area contributed by atoms with Gasteiger partial charge in [0.25, 0.3) is 0 Å². The molecular formula is C46H54N8O8. The molecule has 4 aliphatic rings. The highest BCUT2D eigenvalue weighted by atomic mass is 16.6. The van der Waals surface area contributed by atoms with Crippen LogP contribution in [0.2, 0.25) is 0 Å². The summed E-state index contributed by atoms with van der Waals surface area (Å²) in [4.78, 5) is 59.4. The van der Waals surface area contributed by atoms with Gasteiger partial charge in [0.2, 0.25) is 11.9 Å². The third kappa shape index (κ3) is 8.34. The highest BCUT2D eigenvalue weighted by Crippen LogP contribution is 2.47. The molecule has 2 fully saturated rings. The molecule has 2 aliphatic heterocycles. The number of esters is 2. The molecule has 16 nitrogen and oxygen atoms in total. The van der Waals surface area contributed by atoms with Crippen molar-refractivity contribution >= 4 is 35.3 Å². The minimum atomic E-state index is -0.993. The van der Waals surface area contributed by atoms with E-state index in [0.29, 0.717) is 86.6 Å². The molecular weight excluding hydrogens is 793 g/mol. The standard InChI is InChI=1S/C46H54N8O8/c1-9-59-39-17-29-31-15-27(11-13-35(31)51-41(33(29)19-37(39)57-7)25-21-47-45(48-22-25)53(3)4)61-43(55)44(56)62-28-12-14-36-32(16-28)30-18-40(60-10-2)38(58-8)20-34(30)42(52-36)26-23-49-46(50-24-26)54(5)6/h17-24,27-28,31-32,35-36H,9-16H2,1-8H3/t27-,28-,31-,32-,35-,36-/m1/s1. The lowest BCUT2D eigenvalue weighted by molar-refractivity contribution is -0.176. The molecule has 0 N–H and O–H groups in total. The Morgan fingerprint density at radius 2 is 0.968 bits per heavy atom. The van der Waals surface area contributed by atoms with Crippen LogP contribution in [0.25, 0.3) is 0 Å². The first-order valence-corrected chi connectivity index (χ1v) is 21.3. The molecule has 16 heteroatoms. The van der Waals surface area contributed by atoms with Crippen molar-refractivity contribution in [1.29, 1.82) is 0 Å². The van der Waals surface area contributed by atoms with E-state index in [1.54, 1.807) is 39.0 Å². The molecule has 8 rings (SSSR count). The van der Waals surface area contributed by atoms with Crippen LogP contribution in [0.15, 0.2) is 59.0 Å². The number of benzene rings is 2. The number of anilines is 2. The Hall–Kier alpha value is -6.32. The zero-order chi connectivity index (χ0) is 43.7. The predicted octanol–water partition coefficient (Wildman–Crippen LogP) is 5.71. The van der Waals surface area contributed by atoms with Crippen molar-refractivity contribution < 1.29 is 38.0 Å². The fourth-order valence-electron chi connectivity index (χ4n) is 9.13. The van der Waals surface area contributed by atoms with Crippen LogP contribution in [-0.4, -0.2) is 123 Å². The number of aliphatic imine (C=N–C) groups is 2. The van der Waals surface area contributed by atoms with Gasteiger partial charge in [-0.1, -0.05) is 0 Å². The number of fused-ring (bicyclic) bond motifs is 6. The van der Waals surface area contributed by atoms with Gasteiger partial charge in [-0.2, -0.15) is 0 Å². The lowest BCUT2D eigenvalue weighted by Gasteiger charge is -2.39. The van der Waals surface area contributed by atoms with E-state index in [-0.39, 0.29) is 23.9 Å². The maximum atomic E-state index is 13.5. The molecule has 4 heterocycles. The third-order valence-electron chi connectivity index (χ3n) is 12.0. The molecule has 0 saturated heterocycles. The molecule has 0 unspecified atom stereocenters. The summed E-state index contributed by atoms with van der Waals surface area (Å²) < 4.78 is 35.4. The van der Waals surface area contributed by atoms with Gasteiger partial charge in [0, 0.05) is 87.1 Å². The lowest BCUT2D eigenvalue weighted by atomic mass is 9.74. The summed E-state index contributed by atoms with van der Waals surface area (Å²) in [7, 11) is 10.8. The van der Waals surface area contributed by atoms with E-state index in [9.17, 15) is 9.59 Å². The maximum Gasteiger partial charge on any atom is 0.417 e. The van der Waals surface area contributed by atoms with Crippen molar-refractivity contribution in [2.24, 2.45) is 9.98 Å². The Kier molecular flexibility index (Phi) is 12.3. The number of nitrogens with zero attached hydrogens (tertiary/aromatic N) is 8. The molecule has 4 aromatic rings. The van der Waals surface area contributed by atoms with Crippen molar-refractivity contribution in [3.63, 3.8) is 0 Å². The molecule has 0 spiro atoms. The summed E-state index contributed by atoms with van der Waals surface area (Å²) in [6, 6.07) is 7.71. The number of aromatic nitrogens is 4. The predicted molar refractivity (Wildman–Crippen MR) is 233 cm³/mol. The molecule has 0 bridgehead atoms. The molecule has 2 aliphatic carbocycles. The van der Waals surface area contributed by atoms with Gasteiger partial charge in [-0.05, 0) is 87.8 Å². The molecule has 326 valence electrons. The average Bonchev–Trinajstić information content (AvgIpc) is 3.28. The van der Waals surface area contributed by atoms with Gasteiger partial charge in [-0.15, -0.1) is 0 Å². The number of hydrogen-bond acceptors (Lipinski definition) is 16. The fraction of sp³-hybridized carbons (Fsp3) is 0.478. The normalized spacial score (nSPS) is 22.3. The molecule has 62 heavy (non-hydrogen) atoms. The highest BCUT2D eigenvalue weighted by molar-refractivity contribution is 6.29. The Labute approximate surface area is 361 Å². The van der Waals surface area contributed by atoms with E-state index in [0.717, 1.165) is 44.8 Å². The molecule has 6 atom stereocenters. The molecule has 0 amide bonds. The zero-order valence-electron chi connectivity index (χ0n) is 36.6. The zero-order valence-corrected chi connectivity index (χ0v) is 36.6. The van der Waals surface area contributed by atoms with E-state index in [1.165, 1.54) is 0 Å². The van der Waals surface area contributed by atoms with Gasteiger partial charge >= 0.3 is 11.9 Å². The maximum absolute atomic E-state index is 13.5. The second kappa shape index (κ2) is 18.0. The van der Waals surface area contributed by atoms with Crippen LogP contribution in [0.4, 0.5) is 11.9 Å². The van der Waals surface area contributed by atoms with E-state index in [4.69, 9.17) is 38.4 Å². The van der Waals surface area contributed by atoms with Gasteiger partial charge in [0.1, 0.15) is 12.2 Å². The van der Waals surface area contributed by atoms with E-state index in [2.05, 4.69) is 19.9 Å². The number of ether oxygens (including phenoxy) is 6. The second-order valence-electron chi connectivity index (χ2n) is 16.4. The van der Waals surface area contributed by atoms with Crippen LogP contribution in [0.1, 0.15) is 97.6 Å². The number of carbonyl (C=O) groups excluding carboxylic acids is 2. The number of hydrogen-bond donors (Lipinski definition) is 0. The van der Waals surface area contributed by atoms with Crippen LogP contribution < -0.4 is 28.7 Å². The first-order chi connectivity index (χ1) is 30.0. The van der Waals surface area contributed by atoms with Crippen LogP contribution in [0, 0.1) is 0 Å². The Balaban J connectivity index is 0.983.